The molecule has 0 radical (unpaired) electrons. The molecule has 0 bridgehead atoms. The number of rotatable bonds is 3. The highest BCUT2D eigenvalue weighted by Gasteiger charge is 2.13. The van der Waals surface area contributed by atoms with Gasteiger partial charge in [-0.05, 0) is 25.1 Å². The number of anilines is 1. The third-order valence-electron chi connectivity index (χ3n) is 2.23. The van der Waals surface area contributed by atoms with Gasteiger partial charge in [0.05, 0.1) is 14.7 Å². The minimum Gasteiger partial charge on any atom is -0.363 e. The molecule has 0 saturated carbocycles. The van der Waals surface area contributed by atoms with Gasteiger partial charge in [0.15, 0.2) is 0 Å². The predicted molar refractivity (Wildman–Crippen MR) is 75.6 cm³/mol. The Morgan fingerprint density at radius 1 is 1.29 bits per heavy atom. The Balaban J connectivity index is 2.16. The highest BCUT2D eigenvalue weighted by molar-refractivity contribution is 7.20. The lowest BCUT2D eigenvalue weighted by Gasteiger charge is -2.13. The topological polar surface area (TPSA) is 24.9 Å². The maximum absolute atomic E-state index is 6.09. The van der Waals surface area contributed by atoms with Crippen LogP contribution in [0.3, 0.4) is 0 Å². The zero-order valence-corrected chi connectivity index (χ0v) is 12.0. The van der Waals surface area contributed by atoms with E-state index in [-0.39, 0.29) is 6.04 Å². The van der Waals surface area contributed by atoms with E-state index in [1.807, 2.05) is 25.1 Å². The van der Waals surface area contributed by atoms with Crippen LogP contribution >= 0.6 is 46.1 Å². The maximum Gasteiger partial charge on any atom is 0.131 e. The first-order valence-corrected chi connectivity index (χ1v) is 6.85. The predicted octanol–water partition coefficient (Wildman–Crippen LogP) is 5.28. The molecule has 2 rings (SSSR count). The highest BCUT2D eigenvalue weighted by atomic mass is 35.5. The van der Waals surface area contributed by atoms with Gasteiger partial charge >= 0.3 is 0 Å². The van der Waals surface area contributed by atoms with Crippen molar-refractivity contribution < 1.29 is 0 Å². The molecule has 0 spiro atoms. The van der Waals surface area contributed by atoms with Crippen LogP contribution in [-0.4, -0.2) is 4.98 Å². The Morgan fingerprint density at radius 3 is 2.65 bits per heavy atom. The van der Waals surface area contributed by atoms with Crippen molar-refractivity contribution in [1.82, 2.24) is 4.98 Å². The Bertz CT molecular complexity index is 527. The summed E-state index contributed by atoms with van der Waals surface area (Å²) in [6, 6.07) is 7.30. The molecular weight excluding hydrogens is 299 g/mol. The summed E-state index contributed by atoms with van der Waals surface area (Å²) in [5.41, 5.74) is 0.962. The van der Waals surface area contributed by atoms with Crippen LogP contribution in [0.2, 0.25) is 13.8 Å². The number of nitrogens with one attached hydrogen (secondary N) is 1. The van der Waals surface area contributed by atoms with Crippen molar-refractivity contribution in [3.63, 3.8) is 0 Å². The van der Waals surface area contributed by atoms with Crippen LogP contribution in [-0.2, 0) is 0 Å². The Kier molecular flexibility index (Phi) is 4.15. The molecule has 1 unspecified atom stereocenters. The van der Waals surface area contributed by atoms with E-state index in [2.05, 4.69) is 10.3 Å². The fraction of sp³-hybridized carbons (Fsp3) is 0.182. The van der Waals surface area contributed by atoms with Gasteiger partial charge in [-0.25, -0.2) is 4.98 Å². The SMILES string of the molecule is CC(Nc1cccc(Cl)n1)c1cc(Cl)sc1Cl. The van der Waals surface area contributed by atoms with Crippen molar-refractivity contribution in [3.05, 3.63) is 43.7 Å². The third-order valence-corrected chi connectivity index (χ3v) is 3.96. The number of pyridine rings is 1. The van der Waals surface area contributed by atoms with E-state index < -0.39 is 0 Å². The summed E-state index contributed by atoms with van der Waals surface area (Å²) < 4.78 is 1.37. The molecule has 2 heterocycles. The zero-order chi connectivity index (χ0) is 12.4. The summed E-state index contributed by atoms with van der Waals surface area (Å²) >= 11 is 19.2. The van der Waals surface area contributed by atoms with Gasteiger partial charge in [-0.3, -0.25) is 0 Å². The quantitative estimate of drug-likeness (QED) is 0.781. The number of hydrogen-bond donors (Lipinski definition) is 1. The smallest absolute Gasteiger partial charge is 0.131 e. The third kappa shape index (κ3) is 3.26. The Labute approximate surface area is 119 Å². The van der Waals surface area contributed by atoms with Crippen molar-refractivity contribution in [1.29, 1.82) is 0 Å². The standard InChI is InChI=1S/C11H9Cl3N2S/c1-6(7-5-9(13)17-11(7)14)15-10-4-2-3-8(12)16-10/h2-6H,1H3,(H,15,16). The first-order chi connectivity index (χ1) is 8.06. The van der Waals surface area contributed by atoms with E-state index in [1.54, 1.807) is 6.07 Å². The van der Waals surface area contributed by atoms with Crippen molar-refractivity contribution in [3.8, 4) is 0 Å². The molecule has 0 aliphatic carbocycles. The minimum atomic E-state index is 0.0252. The van der Waals surface area contributed by atoms with Crippen LogP contribution in [0.25, 0.3) is 0 Å². The van der Waals surface area contributed by atoms with E-state index in [0.717, 1.165) is 5.56 Å². The van der Waals surface area contributed by atoms with Crippen molar-refractivity contribution in [2.75, 3.05) is 5.32 Å². The summed E-state index contributed by atoms with van der Waals surface area (Å²) in [5.74, 6) is 0.711. The van der Waals surface area contributed by atoms with E-state index in [9.17, 15) is 0 Å². The summed E-state index contributed by atoms with van der Waals surface area (Å²) in [6.07, 6.45) is 0. The monoisotopic (exact) mass is 306 g/mol. The lowest BCUT2D eigenvalue weighted by atomic mass is 10.2. The van der Waals surface area contributed by atoms with Crippen molar-refractivity contribution in [2.24, 2.45) is 0 Å². The van der Waals surface area contributed by atoms with Gasteiger partial charge in [0, 0.05) is 5.56 Å². The van der Waals surface area contributed by atoms with E-state index >= 15 is 0 Å². The van der Waals surface area contributed by atoms with Crippen LogP contribution in [0.15, 0.2) is 24.3 Å². The first-order valence-electron chi connectivity index (χ1n) is 4.90. The molecule has 0 aromatic carbocycles. The highest BCUT2D eigenvalue weighted by Crippen LogP contribution is 2.35. The molecule has 17 heavy (non-hydrogen) atoms. The average Bonchev–Trinajstić information content (AvgIpc) is 2.58. The number of aromatic nitrogens is 1. The summed E-state index contributed by atoms with van der Waals surface area (Å²) in [7, 11) is 0. The van der Waals surface area contributed by atoms with Crippen LogP contribution in [0, 0.1) is 0 Å². The number of halogens is 3. The molecule has 6 heteroatoms. The van der Waals surface area contributed by atoms with Crippen LogP contribution in [0.1, 0.15) is 18.5 Å². The number of hydrogen-bond acceptors (Lipinski definition) is 3. The number of thiophene rings is 1. The maximum atomic E-state index is 6.09. The Hall–Kier alpha value is -0.480. The normalized spacial score (nSPS) is 12.5. The molecule has 1 N–H and O–H groups in total. The molecule has 1 atom stereocenters. The molecule has 0 aliphatic heterocycles. The van der Waals surface area contributed by atoms with E-state index in [0.29, 0.717) is 19.6 Å². The lowest BCUT2D eigenvalue weighted by Crippen LogP contribution is -2.07. The van der Waals surface area contributed by atoms with Gasteiger partial charge in [0.25, 0.3) is 0 Å². The minimum absolute atomic E-state index is 0.0252. The van der Waals surface area contributed by atoms with Gasteiger partial charge in [-0.15, -0.1) is 11.3 Å². The molecule has 2 nitrogen and oxygen atoms in total. The first kappa shape index (κ1) is 13.0. The van der Waals surface area contributed by atoms with Gasteiger partial charge in [-0.2, -0.15) is 0 Å². The molecule has 90 valence electrons. The largest absolute Gasteiger partial charge is 0.363 e. The second kappa shape index (κ2) is 5.44. The van der Waals surface area contributed by atoms with Gasteiger partial charge in [0.1, 0.15) is 11.0 Å². The second-order valence-corrected chi connectivity index (χ2v) is 6.16. The number of nitrogens with zero attached hydrogens (tertiary/aromatic N) is 1. The second-order valence-electron chi connectivity index (χ2n) is 3.49. The molecule has 2 aromatic rings. The van der Waals surface area contributed by atoms with Crippen LogP contribution < -0.4 is 5.32 Å². The van der Waals surface area contributed by atoms with E-state index in [4.69, 9.17) is 34.8 Å². The van der Waals surface area contributed by atoms with Gasteiger partial charge < -0.3 is 5.32 Å². The lowest BCUT2D eigenvalue weighted by molar-refractivity contribution is 0.880. The van der Waals surface area contributed by atoms with E-state index in [1.165, 1.54) is 11.3 Å². The van der Waals surface area contributed by atoms with Gasteiger partial charge in [0.2, 0.25) is 0 Å². The van der Waals surface area contributed by atoms with Crippen LogP contribution in [0.5, 0.6) is 0 Å². The Morgan fingerprint density at radius 2 is 2.06 bits per heavy atom. The molecule has 0 amide bonds. The summed E-state index contributed by atoms with van der Waals surface area (Å²) in [6.45, 7) is 1.99. The molecule has 0 fully saturated rings. The van der Waals surface area contributed by atoms with Crippen LogP contribution in [0.4, 0.5) is 5.82 Å². The van der Waals surface area contributed by atoms with Crippen molar-refractivity contribution in [2.45, 2.75) is 13.0 Å². The molecule has 0 aliphatic rings. The summed E-state index contributed by atoms with van der Waals surface area (Å²) in [4.78, 5) is 4.16. The fourth-order valence-electron chi connectivity index (χ4n) is 1.44. The fourth-order valence-corrected chi connectivity index (χ4v) is 3.25. The summed E-state index contributed by atoms with van der Waals surface area (Å²) in [5, 5.41) is 3.68. The van der Waals surface area contributed by atoms with Gasteiger partial charge in [-0.1, -0.05) is 40.9 Å². The average molecular weight is 308 g/mol. The molecule has 0 saturated heterocycles. The molecular formula is C11H9Cl3N2S. The molecule has 2 aromatic heterocycles. The van der Waals surface area contributed by atoms with Crippen molar-refractivity contribution >= 4 is 52.0 Å². The zero-order valence-electron chi connectivity index (χ0n) is 8.88.